The number of ether oxygens (including phenoxy) is 1. The van der Waals surface area contributed by atoms with Crippen LogP contribution in [0, 0.1) is 6.92 Å². The molecule has 4 aromatic rings. The molecule has 0 unspecified atom stereocenters. The van der Waals surface area contributed by atoms with Crippen LogP contribution in [0.2, 0.25) is 0 Å². The molecular formula is C24H19F3N2O3S. The lowest BCUT2D eigenvalue weighted by Crippen LogP contribution is -2.08. The second-order valence-electron chi connectivity index (χ2n) is 7.33. The number of aryl methyl sites for hydroxylation is 1. The van der Waals surface area contributed by atoms with E-state index in [-0.39, 0.29) is 21.7 Å². The summed E-state index contributed by atoms with van der Waals surface area (Å²) >= 11 is 0. The molecule has 0 aliphatic rings. The molecular weight excluding hydrogens is 453 g/mol. The minimum absolute atomic E-state index is 0.0205. The van der Waals surface area contributed by atoms with Gasteiger partial charge >= 0.3 is 6.18 Å². The van der Waals surface area contributed by atoms with E-state index in [1.54, 1.807) is 50.2 Å². The van der Waals surface area contributed by atoms with Gasteiger partial charge < -0.3 is 4.74 Å². The zero-order valence-corrected chi connectivity index (χ0v) is 18.5. The van der Waals surface area contributed by atoms with Crippen LogP contribution in [0.3, 0.4) is 0 Å². The average molecular weight is 472 g/mol. The molecule has 0 saturated carbocycles. The Morgan fingerprint density at radius 1 is 0.909 bits per heavy atom. The third-order valence-corrected chi connectivity index (χ3v) is 6.81. The fraction of sp³-hybridized carbons (Fsp3) is 0.167. The standard InChI is InChI=1S/C24H19F3N2O3S/c1-3-33(30,31)19-7-4-6-18(14-19)32-17-12-10-16(11-13-17)22-15(2)28-21-9-5-8-20(23(21)29-22)24(25,26)27/h4-14H,3H2,1-2H3. The van der Waals surface area contributed by atoms with Gasteiger partial charge in [0.1, 0.15) is 17.0 Å². The number of hydrogen-bond donors (Lipinski definition) is 0. The molecule has 170 valence electrons. The normalized spacial score (nSPS) is 12.2. The molecule has 9 heteroatoms. The topological polar surface area (TPSA) is 69.2 Å². The van der Waals surface area contributed by atoms with Gasteiger partial charge in [-0.25, -0.2) is 18.4 Å². The number of sulfone groups is 1. The van der Waals surface area contributed by atoms with Crippen molar-refractivity contribution in [2.45, 2.75) is 24.9 Å². The maximum absolute atomic E-state index is 13.4. The van der Waals surface area contributed by atoms with Crippen LogP contribution in [-0.4, -0.2) is 24.1 Å². The molecule has 0 bridgehead atoms. The van der Waals surface area contributed by atoms with Crippen molar-refractivity contribution in [3.05, 3.63) is 78.0 Å². The van der Waals surface area contributed by atoms with E-state index in [0.29, 0.717) is 28.5 Å². The van der Waals surface area contributed by atoms with Crippen LogP contribution in [0.5, 0.6) is 11.5 Å². The fourth-order valence-electron chi connectivity index (χ4n) is 3.38. The Morgan fingerprint density at radius 2 is 1.61 bits per heavy atom. The van der Waals surface area contributed by atoms with Crippen LogP contribution in [0.4, 0.5) is 13.2 Å². The highest BCUT2D eigenvalue weighted by Gasteiger charge is 2.33. The summed E-state index contributed by atoms with van der Waals surface area (Å²) in [5.41, 5.74) is 0.534. The van der Waals surface area contributed by atoms with Crippen LogP contribution >= 0.6 is 0 Å². The van der Waals surface area contributed by atoms with Gasteiger partial charge in [0.25, 0.3) is 0 Å². The van der Waals surface area contributed by atoms with Crippen molar-refractivity contribution in [3.8, 4) is 22.8 Å². The molecule has 0 saturated heterocycles. The molecule has 3 aromatic carbocycles. The van der Waals surface area contributed by atoms with Crippen LogP contribution in [0.1, 0.15) is 18.2 Å². The fourth-order valence-corrected chi connectivity index (χ4v) is 4.30. The van der Waals surface area contributed by atoms with Crippen LogP contribution < -0.4 is 4.74 Å². The zero-order chi connectivity index (χ0) is 23.8. The molecule has 0 spiro atoms. The van der Waals surface area contributed by atoms with Gasteiger partial charge in [-0.3, -0.25) is 0 Å². The third-order valence-electron chi connectivity index (χ3n) is 5.08. The van der Waals surface area contributed by atoms with E-state index < -0.39 is 21.6 Å². The Kier molecular flexibility index (Phi) is 5.84. The van der Waals surface area contributed by atoms with Gasteiger partial charge in [-0.1, -0.05) is 19.1 Å². The number of rotatable bonds is 5. The second-order valence-corrected chi connectivity index (χ2v) is 9.61. The maximum atomic E-state index is 13.4. The predicted octanol–water partition coefficient (Wildman–Crippen LogP) is 6.21. The van der Waals surface area contributed by atoms with E-state index in [2.05, 4.69) is 9.97 Å². The molecule has 5 nitrogen and oxygen atoms in total. The summed E-state index contributed by atoms with van der Waals surface area (Å²) in [5.74, 6) is 0.772. The highest BCUT2D eigenvalue weighted by molar-refractivity contribution is 7.91. The lowest BCUT2D eigenvalue weighted by atomic mass is 10.1. The highest BCUT2D eigenvalue weighted by atomic mass is 32.2. The van der Waals surface area contributed by atoms with E-state index in [1.807, 2.05) is 0 Å². The lowest BCUT2D eigenvalue weighted by Gasteiger charge is -2.13. The first kappa shape index (κ1) is 22.7. The van der Waals surface area contributed by atoms with Gasteiger partial charge in [0.2, 0.25) is 0 Å². The maximum Gasteiger partial charge on any atom is 0.418 e. The Bertz CT molecular complexity index is 1430. The SMILES string of the molecule is CCS(=O)(=O)c1cccc(Oc2ccc(-c3nc4c(C(F)(F)F)cccc4nc3C)cc2)c1. The Hall–Kier alpha value is -3.46. The summed E-state index contributed by atoms with van der Waals surface area (Å²) in [6.45, 7) is 3.25. The van der Waals surface area contributed by atoms with Gasteiger partial charge in [0.05, 0.1) is 33.1 Å². The van der Waals surface area contributed by atoms with Gasteiger partial charge in [0, 0.05) is 5.56 Å². The number of aromatic nitrogens is 2. The van der Waals surface area contributed by atoms with Crippen molar-refractivity contribution in [1.82, 2.24) is 9.97 Å². The summed E-state index contributed by atoms with van der Waals surface area (Å²) in [5, 5.41) is 0. The molecule has 0 atom stereocenters. The van der Waals surface area contributed by atoms with E-state index in [0.717, 1.165) is 6.07 Å². The van der Waals surface area contributed by atoms with Crippen molar-refractivity contribution in [1.29, 1.82) is 0 Å². The first-order chi connectivity index (χ1) is 15.6. The molecule has 0 fully saturated rings. The van der Waals surface area contributed by atoms with E-state index in [1.165, 1.54) is 24.3 Å². The lowest BCUT2D eigenvalue weighted by molar-refractivity contribution is -0.136. The Balaban J connectivity index is 1.67. The molecule has 0 amide bonds. The van der Waals surface area contributed by atoms with E-state index in [9.17, 15) is 21.6 Å². The van der Waals surface area contributed by atoms with Crippen molar-refractivity contribution >= 4 is 20.9 Å². The van der Waals surface area contributed by atoms with Crippen molar-refractivity contribution in [3.63, 3.8) is 0 Å². The second kappa shape index (κ2) is 8.47. The van der Waals surface area contributed by atoms with Crippen molar-refractivity contribution in [2.24, 2.45) is 0 Å². The number of alkyl halides is 3. The molecule has 0 aliphatic heterocycles. The van der Waals surface area contributed by atoms with Crippen molar-refractivity contribution < 1.29 is 26.3 Å². The summed E-state index contributed by atoms with van der Waals surface area (Å²) < 4.78 is 70.2. The van der Waals surface area contributed by atoms with Crippen LogP contribution in [0.25, 0.3) is 22.3 Å². The monoisotopic (exact) mass is 472 g/mol. The highest BCUT2D eigenvalue weighted by Crippen LogP contribution is 2.35. The molecule has 0 radical (unpaired) electrons. The molecule has 0 N–H and O–H groups in total. The number of hydrogen-bond acceptors (Lipinski definition) is 5. The van der Waals surface area contributed by atoms with Gasteiger partial charge in [0.15, 0.2) is 9.84 Å². The molecule has 1 heterocycles. The number of nitrogens with zero attached hydrogens (tertiary/aromatic N) is 2. The molecule has 33 heavy (non-hydrogen) atoms. The predicted molar refractivity (Wildman–Crippen MR) is 119 cm³/mol. The molecule has 1 aromatic heterocycles. The van der Waals surface area contributed by atoms with Gasteiger partial charge in [-0.05, 0) is 61.5 Å². The zero-order valence-electron chi connectivity index (χ0n) is 17.7. The van der Waals surface area contributed by atoms with E-state index in [4.69, 9.17) is 4.74 Å². The van der Waals surface area contributed by atoms with E-state index >= 15 is 0 Å². The minimum Gasteiger partial charge on any atom is -0.457 e. The van der Waals surface area contributed by atoms with Gasteiger partial charge in [-0.2, -0.15) is 13.2 Å². The molecule has 4 rings (SSSR count). The largest absolute Gasteiger partial charge is 0.457 e. The van der Waals surface area contributed by atoms with Crippen LogP contribution in [-0.2, 0) is 16.0 Å². The summed E-state index contributed by atoms with van der Waals surface area (Å²) in [6, 6.07) is 16.6. The average Bonchev–Trinajstić information content (AvgIpc) is 2.78. The summed E-state index contributed by atoms with van der Waals surface area (Å²) in [4.78, 5) is 8.76. The van der Waals surface area contributed by atoms with Crippen LogP contribution in [0.15, 0.2) is 71.6 Å². The first-order valence-electron chi connectivity index (χ1n) is 10.0. The Labute approximate surface area is 188 Å². The number of benzene rings is 3. The summed E-state index contributed by atoms with van der Waals surface area (Å²) in [7, 11) is -3.37. The summed E-state index contributed by atoms with van der Waals surface area (Å²) in [6.07, 6.45) is -4.54. The minimum atomic E-state index is -4.54. The number of fused-ring (bicyclic) bond motifs is 1. The first-order valence-corrected chi connectivity index (χ1v) is 11.7. The smallest absolute Gasteiger partial charge is 0.418 e. The quantitative estimate of drug-likeness (QED) is 0.345. The number of halogens is 3. The Morgan fingerprint density at radius 3 is 2.27 bits per heavy atom. The molecule has 0 aliphatic carbocycles. The third kappa shape index (κ3) is 4.68. The van der Waals surface area contributed by atoms with Gasteiger partial charge in [-0.15, -0.1) is 0 Å². The number of para-hydroxylation sites is 1. The van der Waals surface area contributed by atoms with Crippen molar-refractivity contribution in [2.75, 3.05) is 5.75 Å².